The topological polar surface area (TPSA) is 61.4 Å². The van der Waals surface area contributed by atoms with Crippen LogP contribution in [0.15, 0.2) is 30.3 Å². The average Bonchev–Trinajstić information content (AvgIpc) is 2.63. The van der Waals surface area contributed by atoms with Crippen LogP contribution in [0.3, 0.4) is 0 Å². The number of aromatic nitrogens is 2. The van der Waals surface area contributed by atoms with Crippen molar-refractivity contribution < 1.29 is 9.18 Å². The van der Waals surface area contributed by atoms with Crippen LogP contribution in [-0.4, -0.2) is 53.5 Å². The van der Waals surface area contributed by atoms with Crippen LogP contribution in [-0.2, 0) is 4.79 Å². The molecular formula is C20H26FN5O. The molecule has 1 aliphatic rings. The van der Waals surface area contributed by atoms with Gasteiger partial charge in [-0.2, -0.15) is 0 Å². The van der Waals surface area contributed by atoms with Crippen molar-refractivity contribution in [3.8, 4) is 0 Å². The number of hydrogen-bond donors (Lipinski definition) is 1. The van der Waals surface area contributed by atoms with Crippen molar-refractivity contribution in [3.05, 3.63) is 47.7 Å². The Morgan fingerprint density at radius 1 is 1.19 bits per heavy atom. The van der Waals surface area contributed by atoms with Crippen LogP contribution >= 0.6 is 0 Å². The van der Waals surface area contributed by atoms with Gasteiger partial charge in [0.05, 0.1) is 12.2 Å². The first kappa shape index (κ1) is 19.2. The van der Waals surface area contributed by atoms with Gasteiger partial charge in [0.1, 0.15) is 17.5 Å². The standard InChI is InChI=1S/C20H26FN5O/c1-14(2)20-22-15(3)12-18(24-20)26-10-8-25(9-11-26)13-19(27)23-17-7-5-4-6-16(17)21/h4-7,12,14H,8-11,13H2,1-3H3,(H,23,27). The molecule has 27 heavy (non-hydrogen) atoms. The second kappa shape index (κ2) is 8.43. The van der Waals surface area contributed by atoms with Gasteiger partial charge in [0.2, 0.25) is 5.91 Å². The highest BCUT2D eigenvalue weighted by Gasteiger charge is 2.21. The normalized spacial score (nSPS) is 15.2. The number of amides is 1. The van der Waals surface area contributed by atoms with Crippen LogP contribution in [0.5, 0.6) is 0 Å². The molecule has 1 N–H and O–H groups in total. The summed E-state index contributed by atoms with van der Waals surface area (Å²) in [5.41, 5.74) is 1.19. The lowest BCUT2D eigenvalue weighted by atomic mass is 10.2. The van der Waals surface area contributed by atoms with Crippen molar-refractivity contribution >= 4 is 17.4 Å². The molecule has 0 bridgehead atoms. The zero-order valence-electron chi connectivity index (χ0n) is 16.1. The van der Waals surface area contributed by atoms with E-state index in [1.165, 1.54) is 6.07 Å². The predicted molar refractivity (Wildman–Crippen MR) is 105 cm³/mol. The monoisotopic (exact) mass is 371 g/mol. The Morgan fingerprint density at radius 3 is 2.56 bits per heavy atom. The Labute approximate surface area is 159 Å². The SMILES string of the molecule is Cc1cc(N2CCN(CC(=O)Nc3ccccc3F)CC2)nc(C(C)C)n1. The van der Waals surface area contributed by atoms with Gasteiger partial charge in [0.25, 0.3) is 0 Å². The summed E-state index contributed by atoms with van der Waals surface area (Å²) >= 11 is 0. The molecule has 1 amide bonds. The van der Waals surface area contributed by atoms with E-state index in [1.807, 2.05) is 13.0 Å². The summed E-state index contributed by atoms with van der Waals surface area (Å²) in [6.45, 7) is 9.51. The predicted octanol–water partition coefficient (Wildman–Crippen LogP) is 2.81. The molecule has 6 nitrogen and oxygen atoms in total. The molecule has 0 radical (unpaired) electrons. The number of nitrogens with zero attached hydrogens (tertiary/aromatic N) is 4. The number of para-hydroxylation sites is 1. The first-order valence-electron chi connectivity index (χ1n) is 9.29. The molecule has 1 aliphatic heterocycles. The summed E-state index contributed by atoms with van der Waals surface area (Å²) < 4.78 is 13.6. The van der Waals surface area contributed by atoms with Crippen molar-refractivity contribution in [3.63, 3.8) is 0 Å². The van der Waals surface area contributed by atoms with Gasteiger partial charge in [0.15, 0.2) is 0 Å². The second-order valence-electron chi connectivity index (χ2n) is 7.17. The zero-order chi connectivity index (χ0) is 19.4. The number of aryl methyl sites for hydroxylation is 1. The van der Waals surface area contributed by atoms with Crippen molar-refractivity contribution in [2.75, 3.05) is 42.9 Å². The lowest BCUT2D eigenvalue weighted by molar-refractivity contribution is -0.117. The molecule has 0 aliphatic carbocycles. The molecule has 0 unspecified atom stereocenters. The molecule has 144 valence electrons. The average molecular weight is 371 g/mol. The molecule has 2 aromatic rings. The van der Waals surface area contributed by atoms with Crippen LogP contribution in [0.4, 0.5) is 15.9 Å². The van der Waals surface area contributed by atoms with Crippen molar-refractivity contribution in [2.45, 2.75) is 26.7 Å². The third-order valence-corrected chi connectivity index (χ3v) is 4.59. The minimum Gasteiger partial charge on any atom is -0.354 e. The van der Waals surface area contributed by atoms with E-state index < -0.39 is 5.82 Å². The number of piperazine rings is 1. The third kappa shape index (κ3) is 5.01. The highest BCUT2D eigenvalue weighted by Crippen LogP contribution is 2.19. The number of hydrogen-bond acceptors (Lipinski definition) is 5. The molecule has 3 rings (SSSR count). The lowest BCUT2D eigenvalue weighted by Gasteiger charge is -2.35. The number of rotatable bonds is 5. The van der Waals surface area contributed by atoms with Gasteiger partial charge in [-0.05, 0) is 19.1 Å². The molecular weight excluding hydrogens is 345 g/mol. The molecule has 7 heteroatoms. The van der Waals surface area contributed by atoms with Gasteiger partial charge in [0, 0.05) is 43.9 Å². The Bertz CT molecular complexity index is 803. The Hall–Kier alpha value is -2.54. The fourth-order valence-corrected chi connectivity index (χ4v) is 3.09. The maximum atomic E-state index is 13.6. The van der Waals surface area contributed by atoms with Crippen molar-refractivity contribution in [1.82, 2.24) is 14.9 Å². The summed E-state index contributed by atoms with van der Waals surface area (Å²) in [5, 5.41) is 2.64. The Balaban J connectivity index is 1.55. The van der Waals surface area contributed by atoms with E-state index in [-0.39, 0.29) is 24.1 Å². The minimum atomic E-state index is -0.421. The number of halogens is 1. The fourth-order valence-electron chi connectivity index (χ4n) is 3.09. The number of carbonyl (C=O) groups is 1. The summed E-state index contributed by atoms with van der Waals surface area (Å²) in [5.74, 6) is 1.47. The first-order valence-corrected chi connectivity index (χ1v) is 9.29. The van der Waals surface area contributed by atoms with E-state index >= 15 is 0 Å². The van der Waals surface area contributed by atoms with Gasteiger partial charge in [-0.25, -0.2) is 14.4 Å². The van der Waals surface area contributed by atoms with Crippen LogP contribution in [0.2, 0.25) is 0 Å². The highest BCUT2D eigenvalue weighted by atomic mass is 19.1. The zero-order valence-corrected chi connectivity index (χ0v) is 16.1. The lowest BCUT2D eigenvalue weighted by Crippen LogP contribution is -2.49. The van der Waals surface area contributed by atoms with Gasteiger partial charge in [-0.15, -0.1) is 0 Å². The van der Waals surface area contributed by atoms with Crippen molar-refractivity contribution in [2.24, 2.45) is 0 Å². The quantitative estimate of drug-likeness (QED) is 0.876. The van der Waals surface area contributed by atoms with Crippen molar-refractivity contribution in [1.29, 1.82) is 0 Å². The molecule has 2 heterocycles. The van der Waals surface area contributed by atoms with Crippen LogP contribution in [0.1, 0.15) is 31.3 Å². The fraction of sp³-hybridized carbons (Fsp3) is 0.450. The Kier molecular flexibility index (Phi) is 6.01. The molecule has 0 spiro atoms. The second-order valence-corrected chi connectivity index (χ2v) is 7.17. The molecule has 1 saturated heterocycles. The highest BCUT2D eigenvalue weighted by molar-refractivity contribution is 5.92. The Morgan fingerprint density at radius 2 is 1.89 bits per heavy atom. The summed E-state index contributed by atoms with van der Waals surface area (Å²) in [6.07, 6.45) is 0. The summed E-state index contributed by atoms with van der Waals surface area (Å²) in [6, 6.07) is 8.21. The summed E-state index contributed by atoms with van der Waals surface area (Å²) in [4.78, 5) is 25.7. The molecule has 0 saturated carbocycles. The number of benzene rings is 1. The molecule has 0 atom stereocenters. The van der Waals surface area contributed by atoms with Crippen LogP contribution in [0.25, 0.3) is 0 Å². The van der Waals surface area contributed by atoms with E-state index in [1.54, 1.807) is 18.2 Å². The molecule has 1 aromatic carbocycles. The van der Waals surface area contributed by atoms with E-state index in [2.05, 4.69) is 38.9 Å². The number of carbonyl (C=O) groups excluding carboxylic acids is 1. The number of nitrogens with one attached hydrogen (secondary N) is 1. The van der Waals surface area contributed by atoms with E-state index in [0.29, 0.717) is 0 Å². The van der Waals surface area contributed by atoms with Crippen LogP contribution < -0.4 is 10.2 Å². The third-order valence-electron chi connectivity index (χ3n) is 4.59. The van der Waals surface area contributed by atoms with Gasteiger partial charge >= 0.3 is 0 Å². The number of anilines is 2. The van der Waals surface area contributed by atoms with E-state index in [9.17, 15) is 9.18 Å². The van der Waals surface area contributed by atoms with E-state index in [0.717, 1.165) is 43.5 Å². The van der Waals surface area contributed by atoms with Crippen LogP contribution in [0, 0.1) is 12.7 Å². The maximum Gasteiger partial charge on any atom is 0.238 e. The van der Waals surface area contributed by atoms with Gasteiger partial charge in [-0.3, -0.25) is 9.69 Å². The largest absolute Gasteiger partial charge is 0.354 e. The summed E-state index contributed by atoms with van der Waals surface area (Å²) in [7, 11) is 0. The molecule has 1 fully saturated rings. The van der Waals surface area contributed by atoms with Gasteiger partial charge < -0.3 is 10.2 Å². The molecule has 1 aromatic heterocycles. The van der Waals surface area contributed by atoms with E-state index in [4.69, 9.17) is 0 Å². The minimum absolute atomic E-state index is 0.200. The van der Waals surface area contributed by atoms with Gasteiger partial charge in [-0.1, -0.05) is 26.0 Å². The smallest absolute Gasteiger partial charge is 0.238 e. The first-order chi connectivity index (χ1) is 12.9. The maximum absolute atomic E-state index is 13.6.